The third-order valence-corrected chi connectivity index (χ3v) is 5.93. The Labute approximate surface area is 194 Å². The number of aromatic nitrogens is 3. The number of aryl methyl sites for hydroxylation is 2. The molecule has 0 saturated carbocycles. The van der Waals surface area contributed by atoms with Crippen molar-refractivity contribution in [3.05, 3.63) is 92.7 Å². The number of carbonyl (C=O) groups excluding carboxylic acids is 1. The maximum absolute atomic E-state index is 13.0. The van der Waals surface area contributed by atoms with Crippen LogP contribution in [0.5, 0.6) is 0 Å². The first-order valence-electron chi connectivity index (χ1n) is 9.70. The number of hydrogen-bond donors (Lipinski definition) is 1. The van der Waals surface area contributed by atoms with Crippen molar-refractivity contribution in [2.24, 2.45) is 0 Å². The van der Waals surface area contributed by atoms with E-state index in [1.54, 1.807) is 16.8 Å². The second kappa shape index (κ2) is 8.65. The number of halogens is 2. The number of benzene rings is 3. The maximum Gasteiger partial charge on any atom is 0.295 e. The quantitative estimate of drug-likeness (QED) is 0.350. The van der Waals surface area contributed by atoms with Crippen molar-refractivity contribution in [2.75, 3.05) is 5.32 Å². The number of rotatable bonds is 4. The number of hydrogen-bond acceptors (Lipinski definition) is 3. The van der Waals surface area contributed by atoms with Gasteiger partial charge in [-0.15, -0.1) is 5.10 Å². The molecule has 0 saturated heterocycles. The Bertz CT molecular complexity index is 1280. The van der Waals surface area contributed by atoms with Gasteiger partial charge in [0.25, 0.3) is 5.91 Å². The summed E-state index contributed by atoms with van der Waals surface area (Å²) in [5, 5.41) is 8.00. The molecule has 0 spiro atoms. The molecule has 0 bridgehead atoms. The van der Waals surface area contributed by atoms with E-state index in [2.05, 4.69) is 31.3 Å². The summed E-state index contributed by atoms with van der Waals surface area (Å²) in [7, 11) is 0. The van der Waals surface area contributed by atoms with Crippen LogP contribution in [0.25, 0.3) is 17.1 Å². The summed E-state index contributed by atoms with van der Waals surface area (Å²) in [6.07, 6.45) is 0. The SMILES string of the molecule is Cc1ccc(Cl)cc1NC(=O)c1nc(-c2ccc(Br)cc2)n(-c2cccc(C)c2C)n1. The number of anilines is 1. The van der Waals surface area contributed by atoms with Gasteiger partial charge in [-0.3, -0.25) is 4.79 Å². The topological polar surface area (TPSA) is 59.8 Å². The van der Waals surface area contributed by atoms with Crippen molar-refractivity contribution in [2.45, 2.75) is 20.8 Å². The van der Waals surface area contributed by atoms with Crippen LogP contribution in [0.3, 0.4) is 0 Å². The van der Waals surface area contributed by atoms with E-state index >= 15 is 0 Å². The lowest BCUT2D eigenvalue weighted by Gasteiger charge is -2.11. The van der Waals surface area contributed by atoms with Gasteiger partial charge in [0.15, 0.2) is 5.82 Å². The van der Waals surface area contributed by atoms with E-state index in [1.165, 1.54) is 0 Å². The first kappa shape index (κ1) is 21.3. The standard InChI is InChI=1S/C24H20BrClN4O/c1-14-5-4-6-21(16(14)3)30-23(17-8-10-18(25)11-9-17)28-22(29-30)24(31)27-20-13-19(26)12-7-15(20)2/h4-13H,1-3H3,(H,27,31). The summed E-state index contributed by atoms with van der Waals surface area (Å²) in [5.41, 5.74) is 5.47. The molecule has 0 aliphatic rings. The molecule has 1 N–H and O–H groups in total. The average Bonchev–Trinajstić information content (AvgIpc) is 3.18. The highest BCUT2D eigenvalue weighted by Crippen LogP contribution is 2.26. The lowest BCUT2D eigenvalue weighted by molar-refractivity contribution is 0.101. The molecular weight excluding hydrogens is 476 g/mol. The van der Waals surface area contributed by atoms with Crippen LogP contribution in [0.1, 0.15) is 27.3 Å². The summed E-state index contributed by atoms with van der Waals surface area (Å²) in [5.74, 6) is 0.278. The van der Waals surface area contributed by atoms with Gasteiger partial charge in [-0.2, -0.15) is 0 Å². The molecule has 0 unspecified atom stereocenters. The highest BCUT2D eigenvalue weighted by molar-refractivity contribution is 9.10. The normalized spacial score (nSPS) is 10.9. The molecule has 31 heavy (non-hydrogen) atoms. The Balaban J connectivity index is 1.81. The highest BCUT2D eigenvalue weighted by Gasteiger charge is 2.20. The van der Waals surface area contributed by atoms with Crippen LogP contribution >= 0.6 is 27.5 Å². The van der Waals surface area contributed by atoms with Gasteiger partial charge in [0.1, 0.15) is 0 Å². The molecule has 3 aromatic carbocycles. The minimum Gasteiger partial charge on any atom is -0.319 e. The minimum atomic E-state index is -0.396. The Morgan fingerprint density at radius 3 is 2.48 bits per heavy atom. The Morgan fingerprint density at radius 2 is 1.74 bits per heavy atom. The van der Waals surface area contributed by atoms with Crippen LogP contribution in [-0.2, 0) is 0 Å². The van der Waals surface area contributed by atoms with Crippen LogP contribution in [-0.4, -0.2) is 20.7 Å². The summed E-state index contributed by atoms with van der Waals surface area (Å²) in [4.78, 5) is 17.6. The van der Waals surface area contributed by atoms with Gasteiger partial charge >= 0.3 is 0 Å². The molecule has 0 atom stereocenters. The van der Waals surface area contributed by atoms with Crippen molar-refractivity contribution in [1.82, 2.24) is 14.8 Å². The molecule has 0 aliphatic carbocycles. The minimum absolute atomic E-state index is 0.0817. The Morgan fingerprint density at radius 1 is 1.00 bits per heavy atom. The fourth-order valence-corrected chi connectivity index (χ4v) is 3.67. The molecular formula is C24H20BrClN4O. The fraction of sp³-hybridized carbons (Fsp3) is 0.125. The molecule has 0 radical (unpaired) electrons. The molecule has 7 heteroatoms. The van der Waals surface area contributed by atoms with E-state index in [0.29, 0.717) is 16.5 Å². The molecule has 0 aliphatic heterocycles. The monoisotopic (exact) mass is 494 g/mol. The largest absolute Gasteiger partial charge is 0.319 e. The van der Waals surface area contributed by atoms with Crippen molar-refractivity contribution in [1.29, 1.82) is 0 Å². The van der Waals surface area contributed by atoms with E-state index in [4.69, 9.17) is 11.6 Å². The van der Waals surface area contributed by atoms with E-state index in [0.717, 1.165) is 32.4 Å². The van der Waals surface area contributed by atoms with Gasteiger partial charge in [-0.05, 0) is 67.8 Å². The predicted molar refractivity (Wildman–Crippen MR) is 128 cm³/mol. The van der Waals surface area contributed by atoms with Gasteiger partial charge in [0, 0.05) is 20.7 Å². The molecule has 1 heterocycles. The predicted octanol–water partition coefficient (Wildman–Crippen LogP) is 6.53. The van der Waals surface area contributed by atoms with Crippen LogP contribution < -0.4 is 5.32 Å². The highest BCUT2D eigenvalue weighted by atomic mass is 79.9. The average molecular weight is 496 g/mol. The van der Waals surface area contributed by atoms with Crippen LogP contribution in [0.2, 0.25) is 5.02 Å². The van der Waals surface area contributed by atoms with Crippen molar-refractivity contribution >= 4 is 39.1 Å². The van der Waals surface area contributed by atoms with Crippen molar-refractivity contribution in [3.63, 3.8) is 0 Å². The van der Waals surface area contributed by atoms with Crippen LogP contribution in [0, 0.1) is 20.8 Å². The summed E-state index contributed by atoms with van der Waals surface area (Å²) < 4.78 is 2.69. The number of carbonyl (C=O) groups is 1. The van der Waals surface area contributed by atoms with Crippen LogP contribution in [0.15, 0.2) is 65.1 Å². The zero-order valence-electron chi connectivity index (χ0n) is 17.3. The molecule has 1 aromatic heterocycles. The third kappa shape index (κ3) is 4.40. The smallest absolute Gasteiger partial charge is 0.295 e. The zero-order chi connectivity index (χ0) is 22.1. The molecule has 5 nitrogen and oxygen atoms in total. The number of nitrogens with one attached hydrogen (secondary N) is 1. The maximum atomic E-state index is 13.0. The fourth-order valence-electron chi connectivity index (χ4n) is 3.23. The van der Waals surface area contributed by atoms with Gasteiger partial charge in [0.05, 0.1) is 5.69 Å². The number of amides is 1. The second-order valence-corrected chi connectivity index (χ2v) is 8.66. The summed E-state index contributed by atoms with van der Waals surface area (Å²) >= 11 is 9.55. The van der Waals surface area contributed by atoms with E-state index in [-0.39, 0.29) is 5.82 Å². The lowest BCUT2D eigenvalue weighted by atomic mass is 10.1. The molecule has 0 fully saturated rings. The van der Waals surface area contributed by atoms with E-state index in [1.807, 2.05) is 69.3 Å². The third-order valence-electron chi connectivity index (χ3n) is 5.16. The Hall–Kier alpha value is -2.96. The molecule has 4 rings (SSSR count). The molecule has 4 aromatic rings. The first-order valence-corrected chi connectivity index (χ1v) is 10.9. The first-order chi connectivity index (χ1) is 14.8. The zero-order valence-corrected chi connectivity index (χ0v) is 19.6. The molecule has 156 valence electrons. The van der Waals surface area contributed by atoms with Gasteiger partial charge in [-0.1, -0.05) is 57.9 Å². The molecule has 1 amide bonds. The van der Waals surface area contributed by atoms with Gasteiger partial charge in [-0.25, -0.2) is 9.67 Å². The number of nitrogens with zero attached hydrogens (tertiary/aromatic N) is 3. The van der Waals surface area contributed by atoms with Crippen molar-refractivity contribution in [3.8, 4) is 17.1 Å². The lowest BCUT2D eigenvalue weighted by Crippen LogP contribution is -2.15. The summed E-state index contributed by atoms with van der Waals surface area (Å²) in [6.45, 7) is 5.98. The van der Waals surface area contributed by atoms with E-state index in [9.17, 15) is 4.79 Å². The summed E-state index contributed by atoms with van der Waals surface area (Å²) in [6, 6.07) is 19.1. The van der Waals surface area contributed by atoms with Crippen LogP contribution in [0.4, 0.5) is 5.69 Å². The van der Waals surface area contributed by atoms with E-state index < -0.39 is 5.91 Å². The van der Waals surface area contributed by atoms with Crippen molar-refractivity contribution < 1.29 is 4.79 Å². The van der Waals surface area contributed by atoms with Gasteiger partial charge < -0.3 is 5.32 Å². The second-order valence-electron chi connectivity index (χ2n) is 7.31. The van der Waals surface area contributed by atoms with Gasteiger partial charge in [0.2, 0.25) is 5.82 Å². The Kier molecular flexibility index (Phi) is 5.94.